The number of para-hydroxylation sites is 1. The van der Waals surface area contributed by atoms with E-state index in [9.17, 15) is 8.42 Å². The number of sulfonamides is 1. The summed E-state index contributed by atoms with van der Waals surface area (Å²) in [5, 5.41) is 7.62. The van der Waals surface area contributed by atoms with Crippen molar-refractivity contribution in [2.75, 3.05) is 86.1 Å². The third-order valence-corrected chi connectivity index (χ3v) is 10.8. The Morgan fingerprint density at radius 1 is 0.957 bits per heavy atom. The molecule has 7 rings (SSSR count). The topological polar surface area (TPSA) is 122 Å². The number of likely N-dealkylation sites (N-methyl/N-ethyl adjacent to an activating group) is 1. The van der Waals surface area contributed by atoms with Crippen LogP contribution >= 0.6 is 0 Å². The standard InChI is InChI=1S/C33H43N9O3S/c1-22-20-27(29(45-3)21-28(22)41-13-10-24(11-14-41)40-18-16-39(2)17-19-40)36-33-37-31-25(8-12-34-31)32(38-33)35-26-7-5-6-23-9-15-42(30(23)26)46(4,43)44/h5-8,12,20-21,24H,9-11,13-19H2,1-4H3,(H3,34,35,36,37,38). The number of rotatable bonds is 8. The zero-order chi connectivity index (χ0) is 32.0. The number of aromatic nitrogens is 3. The lowest BCUT2D eigenvalue weighted by atomic mass is 10.0. The second kappa shape index (κ2) is 12.3. The van der Waals surface area contributed by atoms with Gasteiger partial charge in [0, 0.05) is 69.8 Å². The van der Waals surface area contributed by atoms with Crippen molar-refractivity contribution in [1.82, 2.24) is 24.8 Å². The first-order valence-corrected chi connectivity index (χ1v) is 17.9. The van der Waals surface area contributed by atoms with Crippen molar-refractivity contribution in [3.63, 3.8) is 0 Å². The molecular formula is C33H43N9O3S. The molecular weight excluding hydrogens is 602 g/mol. The molecule has 3 aliphatic rings. The van der Waals surface area contributed by atoms with E-state index in [2.05, 4.69) is 56.4 Å². The average molecular weight is 646 g/mol. The normalized spacial score (nSPS) is 18.3. The van der Waals surface area contributed by atoms with Gasteiger partial charge in [-0.15, -0.1) is 0 Å². The fraction of sp³-hybridized carbons (Fsp3) is 0.455. The summed E-state index contributed by atoms with van der Waals surface area (Å²) in [5.74, 6) is 1.68. The third kappa shape index (κ3) is 5.94. The van der Waals surface area contributed by atoms with Gasteiger partial charge in [-0.05, 0) is 62.6 Å². The Bertz CT molecular complexity index is 1840. The molecule has 0 spiro atoms. The first-order valence-electron chi connectivity index (χ1n) is 16.0. The number of aromatic amines is 1. The van der Waals surface area contributed by atoms with Crippen molar-refractivity contribution in [2.45, 2.75) is 32.2 Å². The largest absolute Gasteiger partial charge is 0.494 e. The third-order valence-electron chi connectivity index (χ3n) is 9.65. The van der Waals surface area contributed by atoms with Crippen molar-refractivity contribution in [3.05, 3.63) is 53.7 Å². The Labute approximate surface area is 270 Å². The minimum atomic E-state index is -3.42. The lowest BCUT2D eigenvalue weighted by Crippen LogP contribution is -2.52. The molecule has 2 saturated heterocycles. The Hall–Kier alpha value is -4.07. The van der Waals surface area contributed by atoms with Crippen LogP contribution in [0.3, 0.4) is 0 Å². The van der Waals surface area contributed by atoms with Gasteiger partial charge >= 0.3 is 0 Å². The van der Waals surface area contributed by atoms with Gasteiger partial charge in [0.15, 0.2) is 0 Å². The van der Waals surface area contributed by atoms with Gasteiger partial charge in [0.1, 0.15) is 17.2 Å². The molecule has 0 radical (unpaired) electrons. The van der Waals surface area contributed by atoms with Gasteiger partial charge in [0.05, 0.1) is 35.8 Å². The molecule has 3 aliphatic heterocycles. The minimum absolute atomic E-state index is 0.392. The Morgan fingerprint density at radius 2 is 1.74 bits per heavy atom. The predicted molar refractivity (Wildman–Crippen MR) is 185 cm³/mol. The molecule has 0 aliphatic carbocycles. The number of benzene rings is 2. The molecule has 2 aromatic carbocycles. The first kappa shape index (κ1) is 30.6. The number of hydrogen-bond donors (Lipinski definition) is 3. The number of hydrogen-bond acceptors (Lipinski definition) is 10. The van der Waals surface area contributed by atoms with E-state index in [0.29, 0.717) is 47.8 Å². The van der Waals surface area contributed by atoms with Crippen LogP contribution in [0, 0.1) is 6.92 Å². The molecule has 0 atom stereocenters. The number of aryl methyl sites for hydroxylation is 1. The molecule has 12 nitrogen and oxygen atoms in total. The SMILES string of the molecule is COc1cc(N2CCC(N3CCN(C)CC3)CC2)c(C)cc1Nc1nc(Nc2cccc3c2N(S(C)(=O)=O)CC3)c2cc[nH]c2n1. The zero-order valence-corrected chi connectivity index (χ0v) is 27.8. The highest BCUT2D eigenvalue weighted by Crippen LogP contribution is 2.40. The predicted octanol–water partition coefficient (Wildman–Crippen LogP) is 4.30. The second-order valence-electron chi connectivity index (χ2n) is 12.7. The molecule has 5 heterocycles. The van der Waals surface area contributed by atoms with E-state index in [1.807, 2.05) is 30.5 Å². The summed E-state index contributed by atoms with van der Waals surface area (Å²) in [4.78, 5) is 20.4. The summed E-state index contributed by atoms with van der Waals surface area (Å²) >= 11 is 0. The minimum Gasteiger partial charge on any atom is -0.494 e. The van der Waals surface area contributed by atoms with Crippen LogP contribution in [0.1, 0.15) is 24.0 Å². The number of nitrogens with zero attached hydrogens (tertiary/aromatic N) is 6. The molecule has 3 N–H and O–H groups in total. The van der Waals surface area contributed by atoms with Crippen molar-refractivity contribution in [2.24, 2.45) is 0 Å². The summed E-state index contributed by atoms with van der Waals surface area (Å²) in [5.41, 5.74) is 6.11. The summed E-state index contributed by atoms with van der Waals surface area (Å²) in [6.45, 7) is 9.23. The molecule has 2 fully saturated rings. The first-order chi connectivity index (χ1) is 22.2. The van der Waals surface area contributed by atoms with Gasteiger partial charge in [-0.3, -0.25) is 9.21 Å². The van der Waals surface area contributed by atoms with Crippen LogP contribution in [0.25, 0.3) is 11.0 Å². The number of piperazine rings is 1. The second-order valence-corrected chi connectivity index (χ2v) is 14.6. The van der Waals surface area contributed by atoms with Crippen molar-refractivity contribution in [1.29, 1.82) is 0 Å². The molecule has 2 aromatic heterocycles. The average Bonchev–Trinajstić information content (AvgIpc) is 3.70. The van der Waals surface area contributed by atoms with E-state index in [1.54, 1.807) is 7.11 Å². The number of anilines is 6. The Kier molecular flexibility index (Phi) is 8.16. The summed E-state index contributed by atoms with van der Waals surface area (Å²) in [7, 11) is 0.470. The molecule has 4 aromatic rings. The van der Waals surface area contributed by atoms with Crippen LogP contribution in [-0.2, 0) is 16.4 Å². The molecule has 244 valence electrons. The monoisotopic (exact) mass is 645 g/mol. The van der Waals surface area contributed by atoms with Gasteiger partial charge in [-0.25, -0.2) is 8.42 Å². The van der Waals surface area contributed by atoms with E-state index in [-0.39, 0.29) is 0 Å². The van der Waals surface area contributed by atoms with Crippen LogP contribution in [0.2, 0.25) is 0 Å². The fourth-order valence-corrected chi connectivity index (χ4v) is 8.11. The van der Waals surface area contributed by atoms with Crippen molar-refractivity contribution < 1.29 is 13.2 Å². The summed E-state index contributed by atoms with van der Waals surface area (Å²) in [6, 6.07) is 12.6. The highest BCUT2D eigenvalue weighted by Gasteiger charge is 2.30. The van der Waals surface area contributed by atoms with Crippen LogP contribution in [0.5, 0.6) is 5.75 Å². The molecule has 13 heteroatoms. The Morgan fingerprint density at radius 3 is 2.48 bits per heavy atom. The smallest absolute Gasteiger partial charge is 0.232 e. The molecule has 0 saturated carbocycles. The maximum atomic E-state index is 12.6. The van der Waals surface area contributed by atoms with Gasteiger partial charge in [-0.1, -0.05) is 12.1 Å². The fourth-order valence-electron chi connectivity index (χ4n) is 7.14. The lowest BCUT2D eigenvalue weighted by molar-refractivity contribution is 0.0982. The van der Waals surface area contributed by atoms with E-state index < -0.39 is 10.0 Å². The van der Waals surface area contributed by atoms with E-state index >= 15 is 0 Å². The molecule has 0 unspecified atom stereocenters. The van der Waals surface area contributed by atoms with E-state index in [4.69, 9.17) is 14.7 Å². The quantitative estimate of drug-likeness (QED) is 0.256. The maximum absolute atomic E-state index is 12.6. The van der Waals surface area contributed by atoms with Crippen LogP contribution in [0.15, 0.2) is 42.6 Å². The lowest BCUT2D eigenvalue weighted by Gasteiger charge is -2.43. The highest BCUT2D eigenvalue weighted by atomic mass is 32.2. The van der Waals surface area contributed by atoms with E-state index in [0.717, 1.165) is 80.1 Å². The molecule has 46 heavy (non-hydrogen) atoms. The van der Waals surface area contributed by atoms with E-state index in [1.165, 1.54) is 16.2 Å². The molecule has 0 amide bonds. The maximum Gasteiger partial charge on any atom is 0.232 e. The van der Waals surface area contributed by atoms with Crippen molar-refractivity contribution >= 4 is 55.6 Å². The van der Waals surface area contributed by atoms with Crippen molar-refractivity contribution in [3.8, 4) is 5.75 Å². The van der Waals surface area contributed by atoms with Gasteiger partial charge in [0.2, 0.25) is 16.0 Å². The van der Waals surface area contributed by atoms with Crippen LogP contribution in [-0.4, -0.2) is 105 Å². The molecule has 0 bridgehead atoms. The summed E-state index contributed by atoms with van der Waals surface area (Å²) < 4.78 is 32.5. The number of piperidine rings is 1. The number of methoxy groups -OCH3 is 1. The van der Waals surface area contributed by atoms with Gasteiger partial charge in [0.25, 0.3) is 0 Å². The van der Waals surface area contributed by atoms with Crippen LogP contribution < -0.4 is 24.6 Å². The van der Waals surface area contributed by atoms with Gasteiger partial charge < -0.3 is 30.2 Å². The number of ether oxygens (including phenoxy) is 1. The Balaban J connectivity index is 1.13. The number of H-pyrrole nitrogens is 1. The highest BCUT2D eigenvalue weighted by molar-refractivity contribution is 7.92. The zero-order valence-electron chi connectivity index (χ0n) is 27.0. The number of nitrogens with one attached hydrogen (secondary N) is 3. The summed E-state index contributed by atoms with van der Waals surface area (Å²) in [6.07, 6.45) is 6.05. The number of fused-ring (bicyclic) bond motifs is 2. The van der Waals surface area contributed by atoms with Crippen LogP contribution in [0.4, 0.5) is 34.5 Å². The van der Waals surface area contributed by atoms with Gasteiger partial charge in [-0.2, -0.15) is 9.97 Å².